The molecule has 0 aliphatic carbocycles. The van der Waals surface area contributed by atoms with E-state index < -0.39 is 0 Å². The molecule has 1 saturated heterocycles. The molecule has 1 aliphatic rings. The Morgan fingerprint density at radius 2 is 1.65 bits per heavy atom. The maximum atomic E-state index is 6.24. The first-order valence-corrected chi connectivity index (χ1v) is 8.45. The molecule has 2 aromatic carbocycles. The molecular formula is C18H21Cl3N2. The van der Waals surface area contributed by atoms with Crippen LogP contribution in [0.5, 0.6) is 0 Å². The van der Waals surface area contributed by atoms with Crippen LogP contribution < -0.4 is 5.32 Å². The first kappa shape index (κ1) is 18.4. The van der Waals surface area contributed by atoms with Gasteiger partial charge in [0, 0.05) is 25.7 Å². The Bertz CT molecular complexity index is 611. The van der Waals surface area contributed by atoms with E-state index in [2.05, 4.69) is 40.5 Å². The molecule has 23 heavy (non-hydrogen) atoms. The zero-order valence-corrected chi connectivity index (χ0v) is 15.2. The molecule has 3 rings (SSSR count). The molecule has 0 aromatic heterocycles. The van der Waals surface area contributed by atoms with Gasteiger partial charge in [0.2, 0.25) is 0 Å². The summed E-state index contributed by atoms with van der Waals surface area (Å²) in [5.74, 6) is 0. The minimum atomic E-state index is 0. The quantitative estimate of drug-likeness (QED) is 0.764. The van der Waals surface area contributed by atoms with Gasteiger partial charge in [-0.05, 0) is 30.5 Å². The summed E-state index contributed by atoms with van der Waals surface area (Å²) in [6, 6.07) is 16.8. The van der Waals surface area contributed by atoms with E-state index in [0.29, 0.717) is 16.1 Å². The molecule has 0 bridgehead atoms. The second-order valence-corrected chi connectivity index (χ2v) is 6.57. The summed E-state index contributed by atoms with van der Waals surface area (Å²) in [7, 11) is 0. The monoisotopic (exact) mass is 370 g/mol. The molecule has 0 atom stereocenters. The maximum Gasteiger partial charge on any atom is 0.0823 e. The summed E-state index contributed by atoms with van der Waals surface area (Å²) in [6.45, 7) is 3.24. The van der Waals surface area contributed by atoms with Gasteiger partial charge in [0.25, 0.3) is 0 Å². The van der Waals surface area contributed by atoms with E-state index in [4.69, 9.17) is 23.2 Å². The Morgan fingerprint density at radius 1 is 0.957 bits per heavy atom. The number of hydrogen-bond donors (Lipinski definition) is 1. The standard InChI is InChI=1S/C18H20Cl2N2.ClH/c19-16-7-4-8-17(18(16)20)21-15-9-11-22(12-10-15)13-14-5-2-1-3-6-14;/h1-8,15,21H,9-13H2;1H. The zero-order valence-electron chi connectivity index (χ0n) is 12.8. The molecule has 2 aromatic rings. The molecule has 0 unspecified atom stereocenters. The smallest absolute Gasteiger partial charge is 0.0823 e. The second kappa shape index (κ2) is 8.79. The fourth-order valence-corrected chi connectivity index (χ4v) is 3.27. The van der Waals surface area contributed by atoms with Crippen LogP contribution >= 0.6 is 35.6 Å². The predicted octanol–water partition coefficient (Wildman–Crippen LogP) is 5.49. The summed E-state index contributed by atoms with van der Waals surface area (Å²) in [5.41, 5.74) is 2.32. The lowest BCUT2D eigenvalue weighted by Gasteiger charge is -2.33. The van der Waals surface area contributed by atoms with Crippen molar-refractivity contribution in [3.05, 3.63) is 64.1 Å². The summed E-state index contributed by atoms with van der Waals surface area (Å²) in [5, 5.41) is 4.76. The Kier molecular flexibility index (Phi) is 7.04. The second-order valence-electron chi connectivity index (χ2n) is 5.78. The van der Waals surface area contributed by atoms with E-state index in [1.165, 1.54) is 5.56 Å². The highest BCUT2D eigenvalue weighted by atomic mass is 35.5. The number of benzene rings is 2. The van der Waals surface area contributed by atoms with Crippen LogP contribution in [-0.2, 0) is 6.54 Å². The number of anilines is 1. The van der Waals surface area contributed by atoms with Gasteiger partial charge in [0.15, 0.2) is 0 Å². The lowest BCUT2D eigenvalue weighted by atomic mass is 10.0. The third-order valence-corrected chi connectivity index (χ3v) is 4.97. The molecular weight excluding hydrogens is 351 g/mol. The van der Waals surface area contributed by atoms with Crippen LogP contribution in [0, 0.1) is 0 Å². The molecule has 5 heteroatoms. The SMILES string of the molecule is Cl.Clc1cccc(NC2CCN(Cc3ccccc3)CC2)c1Cl. The summed E-state index contributed by atoms with van der Waals surface area (Å²) >= 11 is 12.3. The molecule has 1 heterocycles. The fourth-order valence-electron chi connectivity index (χ4n) is 2.91. The molecule has 0 saturated carbocycles. The summed E-state index contributed by atoms with van der Waals surface area (Å²) < 4.78 is 0. The average molecular weight is 372 g/mol. The van der Waals surface area contributed by atoms with Crippen molar-refractivity contribution in [2.24, 2.45) is 0 Å². The fraction of sp³-hybridized carbons (Fsp3) is 0.333. The Balaban J connectivity index is 0.00000192. The Morgan fingerprint density at radius 3 is 2.35 bits per heavy atom. The van der Waals surface area contributed by atoms with Crippen molar-refractivity contribution in [2.75, 3.05) is 18.4 Å². The normalized spacial score (nSPS) is 15.9. The highest BCUT2D eigenvalue weighted by Gasteiger charge is 2.20. The van der Waals surface area contributed by atoms with Crippen LogP contribution in [-0.4, -0.2) is 24.0 Å². The zero-order chi connectivity index (χ0) is 15.4. The largest absolute Gasteiger partial charge is 0.381 e. The molecule has 0 amide bonds. The van der Waals surface area contributed by atoms with E-state index in [-0.39, 0.29) is 12.4 Å². The van der Waals surface area contributed by atoms with Crippen molar-refractivity contribution in [1.82, 2.24) is 4.90 Å². The number of nitrogens with one attached hydrogen (secondary N) is 1. The number of piperidine rings is 1. The van der Waals surface area contributed by atoms with Crippen molar-refractivity contribution in [2.45, 2.75) is 25.4 Å². The molecule has 124 valence electrons. The number of rotatable bonds is 4. The highest BCUT2D eigenvalue weighted by Crippen LogP contribution is 2.31. The van der Waals surface area contributed by atoms with Gasteiger partial charge in [-0.15, -0.1) is 12.4 Å². The lowest BCUT2D eigenvalue weighted by molar-refractivity contribution is 0.211. The average Bonchev–Trinajstić information content (AvgIpc) is 2.55. The number of nitrogens with zero attached hydrogens (tertiary/aromatic N) is 1. The predicted molar refractivity (Wildman–Crippen MR) is 102 cm³/mol. The minimum absolute atomic E-state index is 0. The van der Waals surface area contributed by atoms with Gasteiger partial charge in [0.1, 0.15) is 0 Å². The Labute approximate surface area is 154 Å². The Hall–Kier alpha value is -0.930. The van der Waals surface area contributed by atoms with Crippen LogP contribution in [0.25, 0.3) is 0 Å². The van der Waals surface area contributed by atoms with Gasteiger partial charge in [-0.25, -0.2) is 0 Å². The van der Waals surface area contributed by atoms with E-state index in [9.17, 15) is 0 Å². The maximum absolute atomic E-state index is 6.24. The van der Waals surface area contributed by atoms with Gasteiger partial charge in [-0.1, -0.05) is 59.6 Å². The summed E-state index contributed by atoms with van der Waals surface area (Å²) in [6.07, 6.45) is 2.24. The van der Waals surface area contributed by atoms with E-state index in [1.807, 2.05) is 18.2 Å². The van der Waals surface area contributed by atoms with Crippen LogP contribution in [0.4, 0.5) is 5.69 Å². The highest BCUT2D eigenvalue weighted by molar-refractivity contribution is 6.43. The first-order valence-electron chi connectivity index (χ1n) is 7.69. The van der Waals surface area contributed by atoms with Crippen LogP contribution in [0.2, 0.25) is 10.0 Å². The van der Waals surface area contributed by atoms with Gasteiger partial charge >= 0.3 is 0 Å². The number of hydrogen-bond acceptors (Lipinski definition) is 2. The third-order valence-electron chi connectivity index (χ3n) is 4.15. The van der Waals surface area contributed by atoms with Crippen LogP contribution in [0.15, 0.2) is 48.5 Å². The third kappa shape index (κ3) is 5.02. The van der Waals surface area contributed by atoms with Crippen LogP contribution in [0.1, 0.15) is 18.4 Å². The minimum Gasteiger partial charge on any atom is -0.381 e. The molecule has 0 radical (unpaired) electrons. The van der Waals surface area contributed by atoms with Gasteiger partial charge < -0.3 is 5.32 Å². The van der Waals surface area contributed by atoms with Gasteiger partial charge in [-0.2, -0.15) is 0 Å². The van der Waals surface area contributed by atoms with Crippen molar-refractivity contribution in [3.63, 3.8) is 0 Å². The van der Waals surface area contributed by atoms with Crippen molar-refractivity contribution in [1.29, 1.82) is 0 Å². The van der Waals surface area contributed by atoms with E-state index >= 15 is 0 Å². The topological polar surface area (TPSA) is 15.3 Å². The van der Waals surface area contributed by atoms with Gasteiger partial charge in [-0.3, -0.25) is 4.90 Å². The van der Waals surface area contributed by atoms with Crippen LogP contribution in [0.3, 0.4) is 0 Å². The molecule has 1 fully saturated rings. The molecule has 1 aliphatic heterocycles. The van der Waals surface area contributed by atoms with E-state index in [1.54, 1.807) is 0 Å². The van der Waals surface area contributed by atoms with E-state index in [0.717, 1.165) is 38.2 Å². The molecule has 1 N–H and O–H groups in total. The first-order chi connectivity index (χ1) is 10.7. The van der Waals surface area contributed by atoms with Crippen molar-refractivity contribution >= 4 is 41.3 Å². The van der Waals surface area contributed by atoms with Gasteiger partial charge in [0.05, 0.1) is 15.7 Å². The number of halogens is 3. The van der Waals surface area contributed by atoms with Crippen molar-refractivity contribution in [3.8, 4) is 0 Å². The summed E-state index contributed by atoms with van der Waals surface area (Å²) in [4.78, 5) is 2.51. The molecule has 0 spiro atoms. The number of likely N-dealkylation sites (tertiary alicyclic amines) is 1. The molecule has 2 nitrogen and oxygen atoms in total. The lowest BCUT2D eigenvalue weighted by Crippen LogP contribution is -2.38. The van der Waals surface area contributed by atoms with Crippen molar-refractivity contribution < 1.29 is 0 Å².